The molecule has 0 unspecified atom stereocenters. The second-order valence-electron chi connectivity index (χ2n) is 3.84. The second kappa shape index (κ2) is 4.77. The summed E-state index contributed by atoms with van der Waals surface area (Å²) in [5, 5.41) is 3.39. The number of benzene rings is 1. The minimum atomic E-state index is -0.435. The fourth-order valence-electron chi connectivity index (χ4n) is 1.71. The standard InChI is InChI=1S/C12H6BrClFN3S/c1-5-16-8(4-19-5)12-17-10-7(15)3-2-6(13)9(10)11(14)18-12/h2-4H,1H3. The molecule has 0 atom stereocenters. The molecule has 2 heterocycles. The quantitative estimate of drug-likeness (QED) is 0.596. The first-order chi connectivity index (χ1) is 9.06. The highest BCUT2D eigenvalue weighted by molar-refractivity contribution is 9.10. The molecule has 0 amide bonds. The van der Waals surface area contributed by atoms with Gasteiger partial charge in [-0.3, -0.25) is 0 Å². The van der Waals surface area contributed by atoms with Gasteiger partial charge in [-0.15, -0.1) is 11.3 Å². The summed E-state index contributed by atoms with van der Waals surface area (Å²) in [5.74, 6) is -0.102. The van der Waals surface area contributed by atoms with Crippen molar-refractivity contribution in [1.29, 1.82) is 0 Å². The van der Waals surface area contributed by atoms with Crippen LogP contribution in [-0.2, 0) is 0 Å². The normalized spacial score (nSPS) is 11.2. The monoisotopic (exact) mass is 357 g/mol. The Kier molecular flexibility index (Phi) is 3.24. The van der Waals surface area contributed by atoms with Gasteiger partial charge in [0.1, 0.15) is 22.2 Å². The maximum Gasteiger partial charge on any atom is 0.181 e. The highest BCUT2D eigenvalue weighted by Crippen LogP contribution is 2.32. The molecule has 2 aromatic heterocycles. The van der Waals surface area contributed by atoms with Crippen molar-refractivity contribution in [3.05, 3.63) is 38.0 Å². The fourth-order valence-corrected chi connectivity index (χ4v) is 3.19. The summed E-state index contributed by atoms with van der Waals surface area (Å²) in [7, 11) is 0. The summed E-state index contributed by atoms with van der Waals surface area (Å²) in [6.45, 7) is 1.88. The largest absolute Gasteiger partial charge is 0.238 e. The van der Waals surface area contributed by atoms with Crippen molar-refractivity contribution >= 4 is 49.8 Å². The van der Waals surface area contributed by atoms with Crippen molar-refractivity contribution in [2.75, 3.05) is 0 Å². The molecular formula is C12H6BrClFN3S. The average Bonchev–Trinajstić information content (AvgIpc) is 2.80. The van der Waals surface area contributed by atoms with Crippen LogP contribution in [0.5, 0.6) is 0 Å². The molecule has 3 rings (SSSR count). The van der Waals surface area contributed by atoms with Gasteiger partial charge in [0, 0.05) is 9.85 Å². The summed E-state index contributed by atoms with van der Waals surface area (Å²) in [6.07, 6.45) is 0. The van der Waals surface area contributed by atoms with Gasteiger partial charge < -0.3 is 0 Å². The molecule has 0 N–H and O–H groups in total. The molecule has 0 saturated carbocycles. The van der Waals surface area contributed by atoms with Crippen LogP contribution in [-0.4, -0.2) is 15.0 Å². The molecule has 0 aliphatic heterocycles. The van der Waals surface area contributed by atoms with Crippen molar-refractivity contribution in [2.24, 2.45) is 0 Å². The Hall–Kier alpha value is -1.11. The molecule has 0 radical (unpaired) electrons. The van der Waals surface area contributed by atoms with Crippen LogP contribution >= 0.6 is 38.9 Å². The molecular weight excluding hydrogens is 353 g/mol. The number of thiazole rings is 1. The number of nitrogens with zero attached hydrogens (tertiary/aromatic N) is 3. The molecule has 0 aliphatic rings. The minimum Gasteiger partial charge on any atom is -0.238 e. The van der Waals surface area contributed by atoms with Crippen LogP contribution in [0.1, 0.15) is 5.01 Å². The minimum absolute atomic E-state index is 0.190. The van der Waals surface area contributed by atoms with E-state index < -0.39 is 5.82 Å². The van der Waals surface area contributed by atoms with Crippen LogP contribution in [0.15, 0.2) is 22.0 Å². The smallest absolute Gasteiger partial charge is 0.181 e. The van der Waals surface area contributed by atoms with Gasteiger partial charge in [-0.25, -0.2) is 19.3 Å². The predicted octanol–water partition coefficient (Wildman–Crippen LogP) is 4.62. The molecule has 0 fully saturated rings. The Labute approximate surface area is 125 Å². The Morgan fingerprint density at radius 1 is 1.26 bits per heavy atom. The van der Waals surface area contributed by atoms with Crippen LogP contribution in [0.25, 0.3) is 22.4 Å². The van der Waals surface area contributed by atoms with Crippen molar-refractivity contribution in [3.63, 3.8) is 0 Å². The van der Waals surface area contributed by atoms with Crippen molar-refractivity contribution in [1.82, 2.24) is 15.0 Å². The SMILES string of the molecule is Cc1nc(-c2nc(Cl)c3c(Br)ccc(F)c3n2)cs1. The third kappa shape index (κ3) is 2.24. The van der Waals surface area contributed by atoms with E-state index in [-0.39, 0.29) is 10.7 Å². The summed E-state index contributed by atoms with van der Waals surface area (Å²) >= 11 is 10.9. The van der Waals surface area contributed by atoms with E-state index in [1.54, 1.807) is 6.07 Å². The van der Waals surface area contributed by atoms with Gasteiger partial charge in [-0.1, -0.05) is 11.6 Å². The molecule has 1 aromatic carbocycles. The van der Waals surface area contributed by atoms with E-state index in [1.165, 1.54) is 17.4 Å². The maximum absolute atomic E-state index is 13.9. The number of aromatic nitrogens is 3. The zero-order valence-electron chi connectivity index (χ0n) is 9.62. The highest BCUT2D eigenvalue weighted by atomic mass is 79.9. The highest BCUT2D eigenvalue weighted by Gasteiger charge is 2.15. The van der Waals surface area contributed by atoms with Crippen LogP contribution in [0.3, 0.4) is 0 Å². The van der Waals surface area contributed by atoms with Crippen molar-refractivity contribution in [3.8, 4) is 11.5 Å². The Morgan fingerprint density at radius 3 is 2.74 bits per heavy atom. The van der Waals surface area contributed by atoms with Gasteiger partial charge in [0.2, 0.25) is 0 Å². The van der Waals surface area contributed by atoms with Crippen LogP contribution in [0, 0.1) is 12.7 Å². The molecule has 19 heavy (non-hydrogen) atoms. The summed E-state index contributed by atoms with van der Waals surface area (Å²) in [4.78, 5) is 12.7. The van der Waals surface area contributed by atoms with Crippen molar-refractivity contribution < 1.29 is 4.39 Å². The van der Waals surface area contributed by atoms with Gasteiger partial charge in [0.25, 0.3) is 0 Å². The maximum atomic E-state index is 13.9. The van der Waals surface area contributed by atoms with Crippen LogP contribution in [0.2, 0.25) is 5.15 Å². The number of aryl methyl sites for hydroxylation is 1. The molecule has 3 aromatic rings. The topological polar surface area (TPSA) is 38.7 Å². The molecule has 0 aliphatic carbocycles. The zero-order valence-corrected chi connectivity index (χ0v) is 12.8. The van der Waals surface area contributed by atoms with E-state index in [9.17, 15) is 4.39 Å². The number of fused-ring (bicyclic) bond motifs is 1. The first-order valence-corrected chi connectivity index (χ1v) is 7.35. The molecule has 0 spiro atoms. The van der Waals surface area contributed by atoms with Crippen molar-refractivity contribution in [2.45, 2.75) is 6.92 Å². The molecule has 7 heteroatoms. The van der Waals surface area contributed by atoms with Gasteiger partial charge in [-0.05, 0) is 35.0 Å². The Morgan fingerprint density at radius 2 is 2.05 bits per heavy atom. The average molecular weight is 359 g/mol. The first-order valence-electron chi connectivity index (χ1n) is 5.30. The van der Waals surface area contributed by atoms with E-state index in [4.69, 9.17) is 11.6 Å². The number of rotatable bonds is 1. The summed E-state index contributed by atoms with van der Waals surface area (Å²) < 4.78 is 14.5. The molecule has 96 valence electrons. The molecule has 0 saturated heterocycles. The predicted molar refractivity (Wildman–Crippen MR) is 78.1 cm³/mol. The Bertz CT molecular complexity index is 790. The third-order valence-corrected chi connectivity index (χ3v) is 4.26. The van der Waals surface area contributed by atoms with E-state index in [0.29, 0.717) is 21.4 Å². The van der Waals surface area contributed by atoms with E-state index in [1.807, 2.05) is 12.3 Å². The third-order valence-electron chi connectivity index (χ3n) is 2.55. The molecule has 0 bridgehead atoms. The number of hydrogen-bond donors (Lipinski definition) is 0. The first kappa shape index (κ1) is 12.9. The Balaban J connectivity index is 2.33. The lowest BCUT2D eigenvalue weighted by atomic mass is 10.2. The van der Waals surface area contributed by atoms with Gasteiger partial charge >= 0.3 is 0 Å². The number of hydrogen-bond acceptors (Lipinski definition) is 4. The number of halogens is 3. The lowest BCUT2D eigenvalue weighted by Gasteiger charge is -2.05. The second-order valence-corrected chi connectivity index (χ2v) is 6.12. The van der Waals surface area contributed by atoms with Gasteiger partial charge in [-0.2, -0.15) is 0 Å². The zero-order chi connectivity index (χ0) is 13.6. The van der Waals surface area contributed by atoms with E-state index in [2.05, 4.69) is 30.9 Å². The van der Waals surface area contributed by atoms with Crippen LogP contribution < -0.4 is 0 Å². The van der Waals surface area contributed by atoms with E-state index >= 15 is 0 Å². The summed E-state index contributed by atoms with van der Waals surface area (Å²) in [5.41, 5.74) is 0.792. The van der Waals surface area contributed by atoms with Crippen LogP contribution in [0.4, 0.5) is 4.39 Å². The fraction of sp³-hybridized carbons (Fsp3) is 0.0833. The van der Waals surface area contributed by atoms with Gasteiger partial charge in [0.05, 0.1) is 10.4 Å². The van der Waals surface area contributed by atoms with Gasteiger partial charge in [0.15, 0.2) is 5.82 Å². The lowest BCUT2D eigenvalue weighted by molar-refractivity contribution is 0.636. The lowest BCUT2D eigenvalue weighted by Crippen LogP contribution is -1.95. The van der Waals surface area contributed by atoms with E-state index in [0.717, 1.165) is 5.01 Å². The molecule has 3 nitrogen and oxygen atoms in total. The summed E-state index contributed by atoms with van der Waals surface area (Å²) in [6, 6.07) is 2.92.